The van der Waals surface area contributed by atoms with E-state index in [1.807, 2.05) is 6.08 Å². The van der Waals surface area contributed by atoms with Gasteiger partial charge in [0.05, 0.1) is 38.6 Å². The summed E-state index contributed by atoms with van der Waals surface area (Å²) in [6.07, 6.45) is 34.1. The molecule has 1 amide bonds. The van der Waals surface area contributed by atoms with Crippen LogP contribution in [0.3, 0.4) is 0 Å². The summed E-state index contributed by atoms with van der Waals surface area (Å²) in [5, 5.41) is 121. The summed E-state index contributed by atoms with van der Waals surface area (Å²) < 4.78 is 34.3. The maximum Gasteiger partial charge on any atom is 0.220 e. The third kappa shape index (κ3) is 34.3. The van der Waals surface area contributed by atoms with Crippen molar-refractivity contribution < 1.29 is 89.4 Å². The summed E-state index contributed by atoms with van der Waals surface area (Å²) >= 11 is 0. The second-order valence-electron chi connectivity index (χ2n) is 25.7. The monoisotopic (exact) mass is 1270 g/mol. The Morgan fingerprint density at radius 1 is 0.393 bits per heavy atom. The van der Waals surface area contributed by atoms with E-state index >= 15 is 0 Å². The molecule has 17 atom stereocenters. The molecule has 3 heterocycles. The van der Waals surface area contributed by atoms with Gasteiger partial charge in [-0.25, -0.2) is 0 Å². The number of rotatable bonds is 55. The third-order valence-electron chi connectivity index (χ3n) is 17.9. The van der Waals surface area contributed by atoms with Gasteiger partial charge in [-0.2, -0.15) is 0 Å². The van der Waals surface area contributed by atoms with Gasteiger partial charge in [0.1, 0.15) is 73.2 Å². The highest BCUT2D eigenvalue weighted by atomic mass is 16.8. The van der Waals surface area contributed by atoms with Gasteiger partial charge in [0.15, 0.2) is 18.9 Å². The van der Waals surface area contributed by atoms with Crippen molar-refractivity contribution in [1.29, 1.82) is 0 Å². The lowest BCUT2D eigenvalue weighted by atomic mass is 9.96. The number of aliphatic hydroxyl groups is 11. The maximum atomic E-state index is 13.4. The summed E-state index contributed by atoms with van der Waals surface area (Å²) in [6, 6.07) is -0.994. The van der Waals surface area contributed by atoms with Crippen molar-refractivity contribution in [2.24, 2.45) is 0 Å². The Balaban J connectivity index is 1.45. The Kier molecular flexibility index (Phi) is 47.7. The average molecular weight is 1270 g/mol. The van der Waals surface area contributed by atoms with E-state index in [-0.39, 0.29) is 18.9 Å². The molecule has 0 aromatic carbocycles. The predicted molar refractivity (Wildman–Crippen MR) is 346 cm³/mol. The molecule has 3 fully saturated rings. The van der Waals surface area contributed by atoms with Crippen LogP contribution < -0.4 is 5.32 Å². The van der Waals surface area contributed by atoms with E-state index in [0.29, 0.717) is 12.8 Å². The first kappa shape index (κ1) is 81.2. The first-order chi connectivity index (χ1) is 43.3. The van der Waals surface area contributed by atoms with E-state index in [2.05, 4.69) is 43.5 Å². The summed E-state index contributed by atoms with van der Waals surface area (Å²) in [5.74, 6) is -0.285. The molecule has 0 aromatic heterocycles. The fourth-order valence-electron chi connectivity index (χ4n) is 12.1. The van der Waals surface area contributed by atoms with Crippen molar-refractivity contribution in [3.8, 4) is 0 Å². The second-order valence-corrected chi connectivity index (χ2v) is 25.7. The summed E-state index contributed by atoms with van der Waals surface area (Å²) in [6.45, 7) is 1.74. The van der Waals surface area contributed by atoms with Crippen LogP contribution >= 0.6 is 0 Å². The zero-order valence-corrected chi connectivity index (χ0v) is 55.2. The number of hydrogen-bond acceptors (Lipinski definition) is 18. The lowest BCUT2D eigenvalue weighted by Gasteiger charge is -2.48. The van der Waals surface area contributed by atoms with Gasteiger partial charge in [0, 0.05) is 6.42 Å². The van der Waals surface area contributed by atoms with E-state index < -0.39 is 124 Å². The molecular weight excluding hydrogens is 1140 g/mol. The molecule has 19 nitrogen and oxygen atoms in total. The Morgan fingerprint density at radius 3 is 1.12 bits per heavy atom. The van der Waals surface area contributed by atoms with Crippen molar-refractivity contribution in [2.45, 2.75) is 375 Å². The van der Waals surface area contributed by atoms with Gasteiger partial charge in [-0.1, -0.05) is 256 Å². The van der Waals surface area contributed by atoms with Crippen molar-refractivity contribution in [1.82, 2.24) is 5.32 Å². The zero-order valence-electron chi connectivity index (χ0n) is 55.2. The summed E-state index contributed by atoms with van der Waals surface area (Å²) in [4.78, 5) is 13.4. The molecule has 0 saturated carbocycles. The van der Waals surface area contributed by atoms with Crippen LogP contribution in [0.5, 0.6) is 0 Å². The lowest BCUT2D eigenvalue weighted by Crippen LogP contribution is -2.66. The first-order valence-corrected chi connectivity index (χ1v) is 35.7. The number of aliphatic hydroxyl groups excluding tert-OH is 11. The molecule has 0 bridgehead atoms. The van der Waals surface area contributed by atoms with Crippen LogP contribution in [-0.2, 0) is 33.2 Å². The normalized spacial score (nSPS) is 28.4. The van der Waals surface area contributed by atoms with Crippen LogP contribution in [0, 0.1) is 0 Å². The number of carbonyl (C=O) groups excluding carboxylic acids is 1. The third-order valence-corrected chi connectivity index (χ3v) is 17.9. The molecule has 0 aliphatic carbocycles. The van der Waals surface area contributed by atoms with Gasteiger partial charge in [0.25, 0.3) is 0 Å². The minimum absolute atomic E-state index is 0.236. The number of ether oxygens (including phenoxy) is 6. The molecule has 522 valence electrons. The van der Waals surface area contributed by atoms with E-state index in [9.17, 15) is 61.0 Å². The van der Waals surface area contributed by atoms with Crippen LogP contribution in [-0.4, -0.2) is 193 Å². The number of amides is 1. The van der Waals surface area contributed by atoms with Crippen molar-refractivity contribution in [3.63, 3.8) is 0 Å². The maximum absolute atomic E-state index is 13.4. The van der Waals surface area contributed by atoms with Crippen molar-refractivity contribution in [3.05, 3.63) is 36.5 Å². The highest BCUT2D eigenvalue weighted by Crippen LogP contribution is 2.33. The minimum atomic E-state index is -1.98. The number of carbonyl (C=O) groups is 1. The Bertz CT molecular complexity index is 1760. The number of nitrogens with one attached hydrogen (secondary N) is 1. The van der Waals surface area contributed by atoms with Crippen LogP contribution in [0.1, 0.15) is 271 Å². The van der Waals surface area contributed by atoms with Crippen LogP contribution in [0.25, 0.3) is 0 Å². The number of hydrogen-bond donors (Lipinski definition) is 12. The van der Waals surface area contributed by atoms with E-state index in [0.717, 1.165) is 44.9 Å². The molecule has 3 saturated heterocycles. The molecule has 3 aliphatic rings. The fourth-order valence-corrected chi connectivity index (χ4v) is 12.1. The molecule has 17 unspecified atom stereocenters. The zero-order chi connectivity index (χ0) is 64.7. The lowest BCUT2D eigenvalue weighted by molar-refractivity contribution is -0.379. The molecule has 3 aliphatic heterocycles. The van der Waals surface area contributed by atoms with Crippen molar-refractivity contribution in [2.75, 3.05) is 26.4 Å². The fraction of sp³-hybridized carbons (Fsp3) is 0.900. The second kappa shape index (κ2) is 52.3. The van der Waals surface area contributed by atoms with Crippen molar-refractivity contribution >= 4 is 5.91 Å². The molecular formula is C70H129NO18. The van der Waals surface area contributed by atoms with Gasteiger partial charge in [-0.05, 0) is 44.9 Å². The van der Waals surface area contributed by atoms with Crippen LogP contribution in [0.4, 0.5) is 0 Å². The standard InChI is InChI=1S/C70H129NO18/c1-3-5-7-9-11-13-15-17-19-21-23-25-26-28-30-32-34-36-38-40-42-44-46-48-58(76)71-53(54(75)47-45-43-41-39-37-35-33-31-29-27-24-22-20-18-16-14-12-10-8-6-4-2)52-84-68-64(82)61(79)66(56(50-73)86-68)89-70-65(83)62(80)67(57(51-74)87-70)88-69-63(81)60(78)59(77)55(49-72)85-69/h29,31,37,39,45,47,53-57,59-70,72-75,77-83H,3-28,30,32-36,38,40-44,46,48-52H2,1-2H3,(H,71,76)/b31-29+,39-37+,47-45+. The number of unbranched alkanes of at least 4 members (excludes halogenated alkanes) is 35. The van der Waals surface area contributed by atoms with Gasteiger partial charge >= 0.3 is 0 Å². The average Bonchev–Trinajstić information content (AvgIpc) is 1.92. The Labute approximate surface area is 536 Å². The van der Waals surface area contributed by atoms with Crippen LogP contribution in [0.15, 0.2) is 36.5 Å². The highest BCUT2D eigenvalue weighted by Gasteiger charge is 2.53. The molecule has 89 heavy (non-hydrogen) atoms. The number of allylic oxidation sites excluding steroid dienone is 5. The summed E-state index contributed by atoms with van der Waals surface area (Å²) in [7, 11) is 0. The minimum Gasteiger partial charge on any atom is -0.394 e. The predicted octanol–water partition coefficient (Wildman–Crippen LogP) is 9.61. The first-order valence-electron chi connectivity index (χ1n) is 35.7. The molecule has 0 radical (unpaired) electrons. The molecule has 0 aromatic rings. The quantitative estimate of drug-likeness (QED) is 0.0199. The summed E-state index contributed by atoms with van der Waals surface area (Å²) in [5.41, 5.74) is 0. The van der Waals surface area contributed by atoms with Gasteiger partial charge in [0.2, 0.25) is 5.91 Å². The Morgan fingerprint density at radius 2 is 0.719 bits per heavy atom. The largest absolute Gasteiger partial charge is 0.394 e. The van der Waals surface area contributed by atoms with Gasteiger partial charge in [-0.3, -0.25) is 4.79 Å². The Hall–Kier alpha value is -1.99. The van der Waals surface area contributed by atoms with Gasteiger partial charge in [-0.15, -0.1) is 0 Å². The smallest absolute Gasteiger partial charge is 0.220 e. The molecule has 3 rings (SSSR count). The van der Waals surface area contributed by atoms with Crippen LogP contribution in [0.2, 0.25) is 0 Å². The molecule has 19 heteroatoms. The molecule has 0 spiro atoms. The van der Waals surface area contributed by atoms with Gasteiger partial charge < -0.3 is 89.9 Å². The topological polar surface area (TPSA) is 307 Å². The van der Waals surface area contributed by atoms with E-state index in [1.54, 1.807) is 6.08 Å². The van der Waals surface area contributed by atoms with E-state index in [1.165, 1.54) is 193 Å². The van der Waals surface area contributed by atoms with E-state index in [4.69, 9.17) is 28.4 Å². The molecule has 12 N–H and O–H groups in total. The SMILES string of the molecule is CCCCCCCCCCCCC/C=C/CC/C=C/CC/C=C/C(O)C(COC1OC(CO)C(OC2OC(CO)C(OC3OC(CO)C(O)C(O)C3O)C(O)C2O)C(O)C1O)NC(=O)CCCCCCCCCCCCCCCCCCCCCCCCC. The highest BCUT2D eigenvalue weighted by molar-refractivity contribution is 5.76.